The lowest BCUT2D eigenvalue weighted by molar-refractivity contribution is -0.411. The van der Waals surface area contributed by atoms with Gasteiger partial charge in [0.1, 0.15) is 23.5 Å². The molecule has 118 valence electrons. The molecule has 4 nitrogen and oxygen atoms in total. The van der Waals surface area contributed by atoms with Crippen LogP contribution in [0.15, 0.2) is 41.4 Å². The molecule has 0 aliphatic heterocycles. The lowest BCUT2D eigenvalue weighted by atomic mass is 10.1. The number of thioether (sulfide) groups is 1. The number of ketones is 1. The number of H-pyrrole nitrogens is 1. The zero-order valence-electron chi connectivity index (χ0n) is 13.5. The number of nitrogens with zero attached hydrogens (tertiary/aromatic N) is 1. The average Bonchev–Trinajstić information content (AvgIpc) is 2.53. The molecular weight excluding hydrogens is 306 g/mol. The number of hydrogen-bond acceptors (Lipinski definition) is 4. The third kappa shape index (κ3) is 4.57. The summed E-state index contributed by atoms with van der Waals surface area (Å²) in [5.41, 5.74) is 2.66. The monoisotopic (exact) mass is 326 g/mol. The molecule has 0 amide bonds. The number of anilines is 1. The molecule has 1 heterocycles. The van der Waals surface area contributed by atoms with E-state index in [1.807, 2.05) is 31.2 Å². The molecule has 2 rings (SSSR count). The molecule has 1 atom stereocenters. The van der Waals surface area contributed by atoms with Crippen molar-refractivity contribution >= 4 is 23.4 Å². The Hall–Kier alpha value is -2.32. The maximum Gasteiger partial charge on any atom is 0.273 e. The zero-order chi connectivity index (χ0) is 16.8. The molecule has 0 radical (unpaired) electrons. The van der Waals surface area contributed by atoms with Crippen LogP contribution in [0.3, 0.4) is 0 Å². The van der Waals surface area contributed by atoms with Crippen LogP contribution >= 0.6 is 11.8 Å². The van der Waals surface area contributed by atoms with Crippen molar-refractivity contribution < 1.29 is 9.78 Å². The van der Waals surface area contributed by atoms with E-state index in [4.69, 9.17) is 0 Å². The number of aromatic amines is 1. The Balaban J connectivity index is 2.25. The smallest absolute Gasteiger partial charge is 0.273 e. The van der Waals surface area contributed by atoms with Crippen molar-refractivity contribution in [3.8, 4) is 6.07 Å². The van der Waals surface area contributed by atoms with Crippen LogP contribution in [0.25, 0.3) is 0 Å². The number of nitriles is 1. The summed E-state index contributed by atoms with van der Waals surface area (Å²) >= 11 is 1.36. The highest BCUT2D eigenvalue weighted by Crippen LogP contribution is 2.24. The van der Waals surface area contributed by atoms with Crippen LogP contribution < -0.4 is 10.3 Å². The fourth-order valence-electron chi connectivity index (χ4n) is 2.25. The van der Waals surface area contributed by atoms with Gasteiger partial charge < -0.3 is 0 Å². The van der Waals surface area contributed by atoms with E-state index in [1.165, 1.54) is 17.3 Å². The summed E-state index contributed by atoms with van der Waals surface area (Å²) in [5, 5.41) is 13.5. The zero-order valence-corrected chi connectivity index (χ0v) is 14.3. The third-order valence-corrected chi connectivity index (χ3v) is 4.58. The molecule has 1 aromatic carbocycles. The molecule has 5 heteroatoms. The van der Waals surface area contributed by atoms with Gasteiger partial charge in [0.05, 0.1) is 5.75 Å². The molecule has 1 aromatic heterocycles. The summed E-state index contributed by atoms with van der Waals surface area (Å²) in [6.45, 7) is 5.53. The van der Waals surface area contributed by atoms with Crippen molar-refractivity contribution in [1.82, 2.24) is 0 Å². The third-order valence-electron chi connectivity index (χ3n) is 3.43. The molecule has 0 saturated carbocycles. The van der Waals surface area contributed by atoms with E-state index < -0.39 is 0 Å². The van der Waals surface area contributed by atoms with Gasteiger partial charge in [-0.05, 0) is 31.9 Å². The summed E-state index contributed by atoms with van der Waals surface area (Å²) in [7, 11) is 0. The maximum atomic E-state index is 11.2. The molecule has 2 N–H and O–H groups in total. The fourth-order valence-corrected chi connectivity index (χ4v) is 3.13. The number of nitrogens with one attached hydrogen (secondary N) is 2. The Bertz CT molecular complexity index is 738. The molecule has 0 aliphatic carbocycles. The van der Waals surface area contributed by atoms with E-state index in [9.17, 15) is 10.1 Å². The molecule has 0 fully saturated rings. The van der Waals surface area contributed by atoms with Crippen LogP contribution in [-0.2, 0) is 4.79 Å². The van der Waals surface area contributed by atoms with Crippen molar-refractivity contribution in [1.29, 1.82) is 5.26 Å². The normalized spacial score (nSPS) is 11.6. The van der Waals surface area contributed by atoms with Gasteiger partial charge in [-0.15, -0.1) is 0 Å². The van der Waals surface area contributed by atoms with Crippen molar-refractivity contribution in [3.63, 3.8) is 0 Å². The van der Waals surface area contributed by atoms with Gasteiger partial charge in [-0.25, -0.2) is 4.98 Å². The van der Waals surface area contributed by atoms with Crippen molar-refractivity contribution in [2.45, 2.75) is 31.8 Å². The van der Waals surface area contributed by atoms with Crippen LogP contribution in [0, 0.1) is 18.3 Å². The minimum absolute atomic E-state index is 0.0842. The van der Waals surface area contributed by atoms with Gasteiger partial charge in [-0.2, -0.15) is 5.26 Å². The lowest BCUT2D eigenvalue weighted by Crippen LogP contribution is -2.20. The minimum atomic E-state index is 0.0842. The Morgan fingerprint density at radius 2 is 2.09 bits per heavy atom. The Kier molecular flexibility index (Phi) is 5.78. The Morgan fingerprint density at radius 1 is 1.39 bits per heavy atom. The largest absolute Gasteiger partial charge is 0.299 e. The SMILES string of the molecule is CC(=O)CSc1[nH+]c(N[C@@H](C)c2ccccc2)cc(C)c1C#N. The molecule has 0 aliphatic rings. The summed E-state index contributed by atoms with van der Waals surface area (Å²) in [6.07, 6.45) is 0. The summed E-state index contributed by atoms with van der Waals surface area (Å²) in [4.78, 5) is 14.5. The first-order chi connectivity index (χ1) is 11.0. The second kappa shape index (κ2) is 7.80. The molecule has 23 heavy (non-hydrogen) atoms. The van der Waals surface area contributed by atoms with Crippen molar-refractivity contribution in [2.75, 3.05) is 11.1 Å². The van der Waals surface area contributed by atoms with Crippen LogP contribution in [0.5, 0.6) is 0 Å². The van der Waals surface area contributed by atoms with Gasteiger partial charge in [0.25, 0.3) is 5.82 Å². The molecule has 2 aromatic rings. The van der Waals surface area contributed by atoms with E-state index in [0.717, 1.165) is 16.4 Å². The van der Waals surface area contributed by atoms with Gasteiger partial charge in [-0.1, -0.05) is 42.1 Å². The first kappa shape index (κ1) is 17.0. The first-order valence-corrected chi connectivity index (χ1v) is 8.40. The van der Waals surface area contributed by atoms with E-state index in [0.29, 0.717) is 11.3 Å². The molecule has 0 spiro atoms. The number of benzene rings is 1. The predicted octanol–water partition coefficient (Wildman–Crippen LogP) is 3.54. The van der Waals surface area contributed by atoms with Gasteiger partial charge in [0, 0.05) is 6.07 Å². The first-order valence-electron chi connectivity index (χ1n) is 7.42. The molecule has 0 saturated heterocycles. The number of aryl methyl sites for hydroxylation is 1. The second-order valence-electron chi connectivity index (χ2n) is 5.45. The highest BCUT2D eigenvalue weighted by Gasteiger charge is 2.17. The second-order valence-corrected chi connectivity index (χ2v) is 6.43. The number of aromatic nitrogens is 1. The van der Waals surface area contributed by atoms with Gasteiger partial charge in [0.2, 0.25) is 0 Å². The maximum absolute atomic E-state index is 11.2. The Morgan fingerprint density at radius 3 is 2.70 bits per heavy atom. The highest BCUT2D eigenvalue weighted by molar-refractivity contribution is 7.99. The van der Waals surface area contributed by atoms with E-state index in [1.54, 1.807) is 6.92 Å². The predicted molar refractivity (Wildman–Crippen MR) is 92.3 cm³/mol. The summed E-state index contributed by atoms with van der Waals surface area (Å²) in [6, 6.07) is 14.4. The number of hydrogen-bond donors (Lipinski definition) is 1. The Labute approximate surface area is 140 Å². The standard InChI is InChI=1S/C18H19N3OS/c1-12-9-17(20-14(3)15-7-5-4-6-8-15)21-18(16(12)10-19)23-11-13(2)22/h4-9,14H,11H2,1-3H3,(H,20,21)/p+1/t14-/m0/s1. The number of carbonyl (C=O) groups is 1. The van der Waals surface area contributed by atoms with E-state index in [2.05, 4.69) is 35.4 Å². The van der Waals surface area contributed by atoms with Gasteiger partial charge in [-0.3, -0.25) is 10.1 Å². The number of rotatable bonds is 6. The molecular formula is C18H20N3OS+. The van der Waals surface area contributed by atoms with Crippen LogP contribution in [-0.4, -0.2) is 11.5 Å². The van der Waals surface area contributed by atoms with Crippen molar-refractivity contribution in [3.05, 3.63) is 53.1 Å². The highest BCUT2D eigenvalue weighted by atomic mass is 32.2. The minimum Gasteiger partial charge on any atom is -0.299 e. The van der Waals surface area contributed by atoms with Crippen LogP contribution in [0.1, 0.15) is 36.6 Å². The summed E-state index contributed by atoms with van der Waals surface area (Å²) < 4.78 is 0. The van der Waals surface area contributed by atoms with E-state index in [-0.39, 0.29) is 11.8 Å². The lowest BCUT2D eigenvalue weighted by Gasteiger charge is -2.11. The van der Waals surface area contributed by atoms with E-state index >= 15 is 0 Å². The molecule has 0 unspecified atom stereocenters. The number of carbonyl (C=O) groups excluding carboxylic acids is 1. The quantitative estimate of drug-likeness (QED) is 0.825. The van der Waals surface area contributed by atoms with Gasteiger partial charge in [0.15, 0.2) is 5.03 Å². The average molecular weight is 326 g/mol. The number of Topliss-reactive ketones (excluding diaryl/α,β-unsaturated/α-hetero) is 1. The number of pyridine rings is 1. The van der Waals surface area contributed by atoms with Crippen LogP contribution in [0.2, 0.25) is 0 Å². The van der Waals surface area contributed by atoms with Gasteiger partial charge >= 0.3 is 0 Å². The summed E-state index contributed by atoms with van der Waals surface area (Å²) in [5.74, 6) is 1.27. The van der Waals surface area contributed by atoms with Crippen molar-refractivity contribution in [2.24, 2.45) is 0 Å². The molecule has 0 bridgehead atoms. The van der Waals surface area contributed by atoms with Crippen LogP contribution in [0.4, 0.5) is 5.82 Å². The topological polar surface area (TPSA) is 67.0 Å². The fraction of sp³-hybridized carbons (Fsp3) is 0.278.